The van der Waals surface area contributed by atoms with Crippen LogP contribution in [0.3, 0.4) is 0 Å². The van der Waals surface area contributed by atoms with Crippen LogP contribution in [0.4, 0.5) is 0 Å². The van der Waals surface area contributed by atoms with Gasteiger partial charge in [-0.25, -0.2) is 0 Å². The Balaban J connectivity index is 1.50. The Morgan fingerprint density at radius 2 is 2.21 bits per heavy atom. The van der Waals surface area contributed by atoms with Crippen LogP contribution < -0.4 is 10.1 Å². The van der Waals surface area contributed by atoms with Crippen LogP contribution >= 0.6 is 0 Å². The summed E-state index contributed by atoms with van der Waals surface area (Å²) in [6, 6.07) is 10.2. The summed E-state index contributed by atoms with van der Waals surface area (Å²) in [7, 11) is 0. The number of amides is 1. The zero-order chi connectivity index (χ0) is 16.5. The lowest BCUT2D eigenvalue weighted by molar-refractivity contribution is -0.127. The van der Waals surface area contributed by atoms with Gasteiger partial charge in [0.2, 0.25) is 5.91 Å². The summed E-state index contributed by atoms with van der Waals surface area (Å²) in [6.45, 7) is 2.67. The largest absolute Gasteiger partial charge is 0.487 e. The Hall–Kier alpha value is -2.36. The molecule has 1 fully saturated rings. The number of pyridine rings is 1. The maximum Gasteiger partial charge on any atom is 0.223 e. The molecule has 1 amide bonds. The molecule has 0 bridgehead atoms. The van der Waals surface area contributed by atoms with Crippen LogP contribution in [0.2, 0.25) is 0 Å². The number of carbonyl (C=O) groups is 1. The number of hydrogen-bond donors (Lipinski definition) is 1. The van der Waals surface area contributed by atoms with Gasteiger partial charge in [-0.05, 0) is 49.1 Å². The van der Waals surface area contributed by atoms with Crippen molar-refractivity contribution in [1.82, 2.24) is 10.3 Å². The minimum atomic E-state index is 0.00767. The highest BCUT2D eigenvalue weighted by Crippen LogP contribution is 2.39. The van der Waals surface area contributed by atoms with Crippen molar-refractivity contribution in [3.63, 3.8) is 0 Å². The van der Waals surface area contributed by atoms with Gasteiger partial charge in [0.15, 0.2) is 0 Å². The Kier molecular flexibility index (Phi) is 3.97. The van der Waals surface area contributed by atoms with Crippen LogP contribution in [0, 0.1) is 12.8 Å². The monoisotopic (exact) mass is 322 g/mol. The van der Waals surface area contributed by atoms with E-state index in [1.54, 1.807) is 6.20 Å². The fourth-order valence-electron chi connectivity index (χ4n) is 3.45. The van der Waals surface area contributed by atoms with Crippen molar-refractivity contribution < 1.29 is 9.53 Å². The average molecular weight is 322 g/mol. The second kappa shape index (κ2) is 6.27. The van der Waals surface area contributed by atoms with Crippen molar-refractivity contribution in [2.75, 3.05) is 6.54 Å². The first-order valence-electron chi connectivity index (χ1n) is 8.70. The standard InChI is InChI=1S/C20H22N2O2/c1-13-9-15-11-16(12-22-20(23)14-5-4-6-14)24-19(15)17(10-13)18-7-2-3-8-21-18/h2-3,7-10,14,16H,4-6,11-12H2,1H3,(H,22,23). The summed E-state index contributed by atoms with van der Waals surface area (Å²) in [5, 5.41) is 3.06. The van der Waals surface area contributed by atoms with Crippen molar-refractivity contribution in [1.29, 1.82) is 0 Å². The van der Waals surface area contributed by atoms with Gasteiger partial charge in [0, 0.05) is 24.1 Å². The van der Waals surface area contributed by atoms with Gasteiger partial charge in [-0.1, -0.05) is 18.6 Å². The van der Waals surface area contributed by atoms with Crippen molar-refractivity contribution >= 4 is 5.91 Å². The van der Waals surface area contributed by atoms with Crippen molar-refractivity contribution in [3.8, 4) is 17.0 Å². The lowest BCUT2D eigenvalue weighted by Crippen LogP contribution is -2.40. The molecule has 2 aromatic rings. The number of nitrogens with one attached hydrogen (secondary N) is 1. The molecule has 1 N–H and O–H groups in total. The summed E-state index contributed by atoms with van der Waals surface area (Å²) in [5.41, 5.74) is 4.38. The second-order valence-electron chi connectivity index (χ2n) is 6.83. The molecule has 1 aromatic heterocycles. The maximum atomic E-state index is 12.0. The molecule has 0 saturated heterocycles. The lowest BCUT2D eigenvalue weighted by atomic mass is 9.85. The summed E-state index contributed by atoms with van der Waals surface area (Å²) in [4.78, 5) is 16.5. The van der Waals surface area contributed by atoms with Crippen molar-refractivity contribution in [2.45, 2.75) is 38.7 Å². The molecule has 4 heteroatoms. The number of aryl methyl sites for hydroxylation is 1. The van der Waals surface area contributed by atoms with Crippen LogP contribution in [-0.4, -0.2) is 23.5 Å². The molecular formula is C20H22N2O2. The lowest BCUT2D eigenvalue weighted by Gasteiger charge is -2.24. The smallest absolute Gasteiger partial charge is 0.223 e. The van der Waals surface area contributed by atoms with Crippen molar-refractivity contribution in [3.05, 3.63) is 47.7 Å². The van der Waals surface area contributed by atoms with E-state index in [1.807, 2.05) is 18.2 Å². The topological polar surface area (TPSA) is 51.2 Å². The number of rotatable bonds is 4. The third-order valence-corrected chi connectivity index (χ3v) is 4.96. The minimum absolute atomic E-state index is 0.00767. The fraction of sp³-hybridized carbons (Fsp3) is 0.400. The zero-order valence-electron chi connectivity index (χ0n) is 13.9. The van der Waals surface area contributed by atoms with E-state index in [0.29, 0.717) is 6.54 Å². The SMILES string of the molecule is Cc1cc2c(c(-c3ccccn3)c1)OC(CNC(=O)C1CCC1)C2. The Morgan fingerprint density at radius 3 is 2.92 bits per heavy atom. The quantitative estimate of drug-likeness (QED) is 0.940. The van der Waals surface area contributed by atoms with Gasteiger partial charge in [-0.3, -0.25) is 9.78 Å². The van der Waals surface area contributed by atoms with E-state index in [4.69, 9.17) is 4.74 Å². The van der Waals surface area contributed by atoms with Crippen LogP contribution in [0.15, 0.2) is 36.5 Å². The molecule has 2 heterocycles. The van der Waals surface area contributed by atoms with Gasteiger partial charge in [-0.2, -0.15) is 0 Å². The number of benzene rings is 1. The Morgan fingerprint density at radius 1 is 1.33 bits per heavy atom. The molecule has 1 saturated carbocycles. The van der Waals surface area contributed by atoms with E-state index in [0.717, 1.165) is 36.3 Å². The summed E-state index contributed by atoms with van der Waals surface area (Å²) < 4.78 is 6.17. The summed E-state index contributed by atoms with van der Waals surface area (Å²) in [5.74, 6) is 1.32. The van der Waals surface area contributed by atoms with E-state index in [1.165, 1.54) is 17.5 Å². The first-order valence-corrected chi connectivity index (χ1v) is 8.70. The van der Waals surface area contributed by atoms with E-state index in [-0.39, 0.29) is 17.9 Å². The molecule has 4 rings (SSSR count). The second-order valence-corrected chi connectivity index (χ2v) is 6.83. The van der Waals surface area contributed by atoms with Gasteiger partial charge < -0.3 is 10.1 Å². The van der Waals surface area contributed by atoms with Crippen LogP contribution in [0.25, 0.3) is 11.3 Å². The van der Waals surface area contributed by atoms with E-state index in [9.17, 15) is 4.79 Å². The summed E-state index contributed by atoms with van der Waals surface area (Å²) >= 11 is 0. The van der Waals surface area contributed by atoms with Gasteiger partial charge >= 0.3 is 0 Å². The molecular weight excluding hydrogens is 300 g/mol. The molecule has 0 spiro atoms. The van der Waals surface area contributed by atoms with E-state index in [2.05, 4.69) is 29.4 Å². The molecule has 1 unspecified atom stereocenters. The van der Waals surface area contributed by atoms with Crippen molar-refractivity contribution in [2.24, 2.45) is 5.92 Å². The Bertz CT molecular complexity index is 754. The molecule has 1 aromatic carbocycles. The molecule has 1 atom stereocenters. The average Bonchev–Trinajstić information content (AvgIpc) is 2.94. The van der Waals surface area contributed by atoms with Crippen LogP contribution in [0.1, 0.15) is 30.4 Å². The van der Waals surface area contributed by atoms with E-state index >= 15 is 0 Å². The maximum absolute atomic E-state index is 12.0. The fourth-order valence-corrected chi connectivity index (χ4v) is 3.45. The van der Waals surface area contributed by atoms with Crippen LogP contribution in [0.5, 0.6) is 5.75 Å². The summed E-state index contributed by atoms with van der Waals surface area (Å²) in [6.07, 6.45) is 5.88. The molecule has 1 aliphatic heterocycles. The number of hydrogen-bond acceptors (Lipinski definition) is 3. The van der Waals surface area contributed by atoms with Gasteiger partial charge in [0.25, 0.3) is 0 Å². The first kappa shape index (κ1) is 15.2. The number of carbonyl (C=O) groups excluding carboxylic acids is 1. The predicted molar refractivity (Wildman–Crippen MR) is 92.9 cm³/mol. The van der Waals surface area contributed by atoms with Gasteiger partial charge in [0.05, 0.1) is 12.2 Å². The molecule has 124 valence electrons. The third-order valence-electron chi connectivity index (χ3n) is 4.96. The van der Waals surface area contributed by atoms with Crippen LogP contribution in [-0.2, 0) is 11.2 Å². The molecule has 4 nitrogen and oxygen atoms in total. The predicted octanol–water partition coefficient (Wildman–Crippen LogP) is 3.28. The first-order chi connectivity index (χ1) is 11.7. The highest BCUT2D eigenvalue weighted by molar-refractivity contribution is 5.79. The van der Waals surface area contributed by atoms with E-state index < -0.39 is 0 Å². The molecule has 24 heavy (non-hydrogen) atoms. The highest BCUT2D eigenvalue weighted by atomic mass is 16.5. The number of aromatic nitrogens is 1. The normalized spacial score (nSPS) is 19.3. The highest BCUT2D eigenvalue weighted by Gasteiger charge is 2.29. The molecule has 1 aliphatic carbocycles. The molecule has 0 radical (unpaired) electrons. The zero-order valence-corrected chi connectivity index (χ0v) is 13.9. The molecule has 2 aliphatic rings. The third kappa shape index (κ3) is 2.88. The number of ether oxygens (including phenoxy) is 1. The minimum Gasteiger partial charge on any atom is -0.487 e. The van der Waals surface area contributed by atoms with Gasteiger partial charge in [0.1, 0.15) is 11.9 Å². The number of nitrogens with zero attached hydrogens (tertiary/aromatic N) is 1. The Labute approximate surface area is 142 Å². The van der Waals surface area contributed by atoms with Gasteiger partial charge in [-0.15, -0.1) is 0 Å². The number of fused-ring (bicyclic) bond motifs is 1.